The first-order valence-corrected chi connectivity index (χ1v) is 5.32. The summed E-state index contributed by atoms with van der Waals surface area (Å²) in [6, 6.07) is 4.51. The van der Waals surface area contributed by atoms with Crippen LogP contribution in [0.25, 0.3) is 0 Å². The van der Waals surface area contributed by atoms with Crippen LogP contribution >= 0.6 is 28.3 Å². The van der Waals surface area contributed by atoms with Gasteiger partial charge in [0.25, 0.3) is 0 Å². The van der Waals surface area contributed by atoms with E-state index in [1.165, 1.54) is 12.1 Å². The zero-order valence-corrected chi connectivity index (χ0v) is 11.5. The molecule has 0 saturated heterocycles. The van der Waals surface area contributed by atoms with Gasteiger partial charge in [0.05, 0.1) is 0 Å². The lowest BCUT2D eigenvalue weighted by Crippen LogP contribution is -2.26. The van der Waals surface area contributed by atoms with E-state index < -0.39 is 0 Å². The maximum Gasteiger partial charge on any atom is 0.124 e. The van der Waals surface area contributed by atoms with Crippen molar-refractivity contribution in [1.82, 2.24) is 0 Å². The third kappa shape index (κ3) is 3.74. The molecule has 0 saturated carbocycles. The van der Waals surface area contributed by atoms with Crippen molar-refractivity contribution in [1.29, 1.82) is 0 Å². The predicted octanol–water partition coefficient (Wildman–Crippen LogP) is 4.06. The van der Waals surface area contributed by atoms with Crippen molar-refractivity contribution in [2.75, 3.05) is 0 Å². The lowest BCUT2D eigenvalue weighted by Gasteiger charge is -2.28. The summed E-state index contributed by atoms with van der Waals surface area (Å²) in [6.45, 7) is 6.19. The van der Waals surface area contributed by atoms with E-state index in [0.29, 0.717) is 0 Å². The minimum atomic E-state index is -0.248. The molecule has 4 heteroatoms. The first kappa shape index (κ1) is 14.9. The molecule has 1 nitrogen and oxygen atoms in total. The van der Waals surface area contributed by atoms with Gasteiger partial charge in [-0.1, -0.05) is 42.8 Å². The van der Waals surface area contributed by atoms with Crippen LogP contribution in [0.1, 0.15) is 32.4 Å². The first-order chi connectivity index (χ1) is 6.32. The fourth-order valence-corrected chi connectivity index (χ4v) is 1.82. The number of hydrogen-bond acceptors (Lipinski definition) is 1. The smallest absolute Gasteiger partial charge is 0.124 e. The van der Waals surface area contributed by atoms with E-state index in [1.807, 2.05) is 0 Å². The maximum atomic E-state index is 12.8. The quantitative estimate of drug-likeness (QED) is 0.831. The number of halogens is 3. The van der Waals surface area contributed by atoms with E-state index in [9.17, 15) is 4.39 Å². The highest BCUT2D eigenvalue weighted by molar-refractivity contribution is 9.10. The molecule has 0 aliphatic heterocycles. The standard InChI is InChI=1S/C11H15BrFN.ClH/c1-11(2,3)10(14)8-5-4-7(13)6-9(8)12;/h4-6,10H,14H2,1-3H3;1H/t10-;/m1./s1. The summed E-state index contributed by atoms with van der Waals surface area (Å²) in [4.78, 5) is 0. The van der Waals surface area contributed by atoms with E-state index in [-0.39, 0.29) is 29.7 Å². The van der Waals surface area contributed by atoms with E-state index in [0.717, 1.165) is 10.0 Å². The summed E-state index contributed by atoms with van der Waals surface area (Å²) in [5, 5.41) is 0. The van der Waals surface area contributed by atoms with Gasteiger partial charge >= 0.3 is 0 Å². The van der Waals surface area contributed by atoms with Crippen LogP contribution in [0, 0.1) is 11.2 Å². The molecular weight excluding hydrogens is 280 g/mol. The minimum absolute atomic E-state index is 0. The Morgan fingerprint density at radius 3 is 2.27 bits per heavy atom. The van der Waals surface area contributed by atoms with Crippen LogP contribution in [-0.4, -0.2) is 0 Å². The molecule has 0 aromatic heterocycles. The SMILES string of the molecule is CC(C)(C)[C@H](N)c1ccc(F)cc1Br.Cl. The molecule has 0 radical (unpaired) electrons. The molecule has 0 spiro atoms. The van der Waals surface area contributed by atoms with Crippen LogP contribution in [0.15, 0.2) is 22.7 Å². The highest BCUT2D eigenvalue weighted by Crippen LogP contribution is 2.34. The fourth-order valence-electron chi connectivity index (χ4n) is 1.22. The Morgan fingerprint density at radius 2 is 1.87 bits per heavy atom. The summed E-state index contributed by atoms with van der Waals surface area (Å²) in [5.41, 5.74) is 6.99. The number of benzene rings is 1. The second-order valence-electron chi connectivity index (χ2n) is 4.51. The molecule has 1 atom stereocenters. The molecule has 0 aliphatic rings. The van der Waals surface area contributed by atoms with Gasteiger partial charge < -0.3 is 5.73 Å². The van der Waals surface area contributed by atoms with Crippen molar-refractivity contribution >= 4 is 28.3 Å². The van der Waals surface area contributed by atoms with E-state index in [1.54, 1.807) is 6.07 Å². The Kier molecular flexibility index (Phi) is 5.24. The summed E-state index contributed by atoms with van der Waals surface area (Å²) in [6.07, 6.45) is 0. The number of nitrogens with two attached hydrogens (primary N) is 1. The van der Waals surface area contributed by atoms with Gasteiger partial charge in [-0.15, -0.1) is 12.4 Å². The second-order valence-corrected chi connectivity index (χ2v) is 5.36. The molecule has 0 aliphatic carbocycles. The molecule has 0 unspecified atom stereocenters. The van der Waals surface area contributed by atoms with Crippen LogP contribution in [-0.2, 0) is 0 Å². The van der Waals surface area contributed by atoms with Crippen molar-refractivity contribution in [3.63, 3.8) is 0 Å². The Labute approximate surface area is 105 Å². The topological polar surface area (TPSA) is 26.0 Å². The third-order valence-electron chi connectivity index (χ3n) is 2.23. The molecule has 1 rings (SSSR count). The molecule has 0 fully saturated rings. The zero-order valence-electron chi connectivity index (χ0n) is 9.05. The van der Waals surface area contributed by atoms with Crippen LogP contribution in [0.5, 0.6) is 0 Å². The van der Waals surface area contributed by atoms with Gasteiger partial charge in [-0.25, -0.2) is 4.39 Å². The molecule has 0 amide bonds. The molecular formula is C11H16BrClFN. The Hall–Kier alpha value is -0.120. The highest BCUT2D eigenvalue weighted by Gasteiger charge is 2.23. The van der Waals surface area contributed by atoms with Gasteiger partial charge in [0.1, 0.15) is 5.82 Å². The minimum Gasteiger partial charge on any atom is -0.323 e. The van der Waals surface area contributed by atoms with Crippen LogP contribution in [0.3, 0.4) is 0 Å². The molecule has 2 N–H and O–H groups in total. The fraction of sp³-hybridized carbons (Fsp3) is 0.455. The lowest BCUT2D eigenvalue weighted by atomic mass is 9.83. The first-order valence-electron chi connectivity index (χ1n) is 4.53. The van der Waals surface area contributed by atoms with E-state index in [4.69, 9.17) is 5.73 Å². The third-order valence-corrected chi connectivity index (χ3v) is 2.92. The van der Waals surface area contributed by atoms with Crippen LogP contribution < -0.4 is 5.73 Å². The van der Waals surface area contributed by atoms with Gasteiger partial charge in [-0.05, 0) is 23.1 Å². The molecule has 0 heterocycles. The summed E-state index contributed by atoms with van der Waals surface area (Å²) < 4.78 is 13.6. The Balaban J connectivity index is 0.00000196. The van der Waals surface area contributed by atoms with E-state index >= 15 is 0 Å². The monoisotopic (exact) mass is 295 g/mol. The second kappa shape index (κ2) is 5.28. The molecule has 1 aromatic rings. The van der Waals surface area contributed by atoms with Crippen molar-refractivity contribution in [3.8, 4) is 0 Å². The molecule has 15 heavy (non-hydrogen) atoms. The largest absolute Gasteiger partial charge is 0.323 e. The predicted molar refractivity (Wildman–Crippen MR) is 67.7 cm³/mol. The zero-order chi connectivity index (χ0) is 10.9. The summed E-state index contributed by atoms with van der Waals surface area (Å²) in [7, 11) is 0. The lowest BCUT2D eigenvalue weighted by molar-refractivity contribution is 0.326. The average molecular weight is 297 g/mol. The molecule has 1 aromatic carbocycles. The van der Waals surface area contributed by atoms with Crippen molar-refractivity contribution in [2.45, 2.75) is 26.8 Å². The van der Waals surface area contributed by atoms with Gasteiger partial charge in [-0.3, -0.25) is 0 Å². The van der Waals surface area contributed by atoms with Gasteiger partial charge in [0, 0.05) is 10.5 Å². The van der Waals surface area contributed by atoms with Gasteiger partial charge in [0.2, 0.25) is 0 Å². The Morgan fingerprint density at radius 1 is 1.33 bits per heavy atom. The number of hydrogen-bond donors (Lipinski definition) is 1. The van der Waals surface area contributed by atoms with Crippen molar-refractivity contribution in [2.24, 2.45) is 11.1 Å². The summed E-state index contributed by atoms with van der Waals surface area (Å²) >= 11 is 3.32. The van der Waals surface area contributed by atoms with Gasteiger partial charge in [-0.2, -0.15) is 0 Å². The van der Waals surface area contributed by atoms with Crippen molar-refractivity contribution in [3.05, 3.63) is 34.1 Å². The summed E-state index contributed by atoms with van der Waals surface area (Å²) in [5.74, 6) is -0.248. The van der Waals surface area contributed by atoms with E-state index in [2.05, 4.69) is 36.7 Å². The molecule has 0 bridgehead atoms. The highest BCUT2D eigenvalue weighted by atomic mass is 79.9. The van der Waals surface area contributed by atoms with Crippen LogP contribution in [0.4, 0.5) is 4.39 Å². The van der Waals surface area contributed by atoms with Crippen LogP contribution in [0.2, 0.25) is 0 Å². The maximum absolute atomic E-state index is 12.8. The number of rotatable bonds is 1. The average Bonchev–Trinajstić information content (AvgIpc) is 2.01. The van der Waals surface area contributed by atoms with Crippen molar-refractivity contribution < 1.29 is 4.39 Å². The molecule has 86 valence electrons. The normalized spacial score (nSPS) is 13.2. The Bertz CT molecular complexity index is 336. The van der Waals surface area contributed by atoms with Gasteiger partial charge in [0.15, 0.2) is 0 Å².